The van der Waals surface area contributed by atoms with Crippen LogP contribution in [0.4, 0.5) is 5.69 Å². The molecule has 0 aliphatic heterocycles. The van der Waals surface area contributed by atoms with Gasteiger partial charge in [0, 0.05) is 18.2 Å². The van der Waals surface area contributed by atoms with E-state index in [-0.39, 0.29) is 11.2 Å². The molecule has 0 radical (unpaired) electrons. The molecule has 0 saturated heterocycles. The lowest BCUT2D eigenvalue weighted by Gasteiger charge is -2.26. The maximum Gasteiger partial charge on any atom is 0.237 e. The largest absolute Gasteiger partial charge is 0.325 e. The molecule has 1 amide bonds. The number of hydrogen-bond donors (Lipinski definition) is 1. The molecule has 1 aliphatic carbocycles. The first-order valence-electron chi connectivity index (χ1n) is 11.1. The van der Waals surface area contributed by atoms with Crippen LogP contribution in [-0.2, 0) is 11.2 Å². The molecule has 0 spiro atoms. The third-order valence-electron chi connectivity index (χ3n) is 5.93. The molecule has 3 aromatic rings. The van der Waals surface area contributed by atoms with Crippen LogP contribution < -0.4 is 5.32 Å². The summed E-state index contributed by atoms with van der Waals surface area (Å²) < 4.78 is 2.31. The van der Waals surface area contributed by atoms with Gasteiger partial charge in [0.2, 0.25) is 5.91 Å². The number of carbonyl (C=O) groups excluding carboxylic acids is 1. The van der Waals surface area contributed by atoms with E-state index in [0.29, 0.717) is 6.04 Å². The number of thioether (sulfide) groups is 1. The van der Waals surface area contributed by atoms with Crippen LogP contribution in [0.2, 0.25) is 0 Å². The molecular weight excluding hydrogens is 404 g/mol. The number of carbonyl (C=O) groups is 1. The first kappa shape index (κ1) is 21.6. The van der Waals surface area contributed by atoms with Crippen molar-refractivity contribution in [3.8, 4) is 0 Å². The summed E-state index contributed by atoms with van der Waals surface area (Å²) >= 11 is 1.51. The van der Waals surface area contributed by atoms with Gasteiger partial charge in [-0.3, -0.25) is 4.79 Å². The molecular formula is C25H30N4OS. The summed E-state index contributed by atoms with van der Waals surface area (Å²) in [5.74, 6) is 0.981. The minimum Gasteiger partial charge on any atom is -0.325 e. The highest BCUT2D eigenvalue weighted by Gasteiger charge is 2.26. The molecule has 2 aromatic carbocycles. The average Bonchev–Trinajstić information content (AvgIpc) is 3.18. The van der Waals surface area contributed by atoms with Crippen molar-refractivity contribution >= 4 is 23.4 Å². The third-order valence-corrected chi connectivity index (χ3v) is 6.99. The quantitative estimate of drug-likeness (QED) is 0.477. The fourth-order valence-electron chi connectivity index (χ4n) is 4.15. The topological polar surface area (TPSA) is 59.8 Å². The second kappa shape index (κ2) is 10.1. The Balaban J connectivity index is 1.54. The van der Waals surface area contributed by atoms with Gasteiger partial charge in [-0.25, -0.2) is 0 Å². The Morgan fingerprint density at radius 1 is 1.06 bits per heavy atom. The average molecular weight is 435 g/mol. The number of hydrogen-bond acceptors (Lipinski definition) is 4. The summed E-state index contributed by atoms with van der Waals surface area (Å²) in [7, 11) is 0. The Morgan fingerprint density at radius 2 is 1.77 bits per heavy atom. The molecule has 1 aromatic heterocycles. The second-order valence-corrected chi connectivity index (χ2v) is 9.60. The lowest BCUT2D eigenvalue weighted by Crippen LogP contribution is -2.24. The molecule has 1 saturated carbocycles. The smallest absolute Gasteiger partial charge is 0.237 e. The maximum atomic E-state index is 12.9. The van der Waals surface area contributed by atoms with Gasteiger partial charge >= 0.3 is 0 Å². The third kappa shape index (κ3) is 5.37. The van der Waals surface area contributed by atoms with Gasteiger partial charge in [-0.15, -0.1) is 10.2 Å². The van der Waals surface area contributed by atoms with Crippen LogP contribution in [0.5, 0.6) is 0 Å². The van der Waals surface area contributed by atoms with Crippen molar-refractivity contribution in [1.29, 1.82) is 0 Å². The highest BCUT2D eigenvalue weighted by Crippen LogP contribution is 2.34. The van der Waals surface area contributed by atoms with E-state index in [1.54, 1.807) is 0 Å². The van der Waals surface area contributed by atoms with E-state index in [1.165, 1.54) is 36.6 Å². The van der Waals surface area contributed by atoms with E-state index in [0.717, 1.165) is 41.5 Å². The van der Waals surface area contributed by atoms with Gasteiger partial charge in [0.05, 0.1) is 5.25 Å². The van der Waals surface area contributed by atoms with Crippen LogP contribution in [0.3, 0.4) is 0 Å². The molecule has 31 heavy (non-hydrogen) atoms. The number of nitrogens with one attached hydrogen (secondary N) is 1. The number of anilines is 1. The number of benzene rings is 2. The van der Waals surface area contributed by atoms with Crippen molar-refractivity contribution in [1.82, 2.24) is 14.8 Å². The summed E-state index contributed by atoms with van der Waals surface area (Å²) in [5.41, 5.74) is 3.15. The zero-order valence-electron chi connectivity index (χ0n) is 18.3. The van der Waals surface area contributed by atoms with Crippen molar-refractivity contribution in [2.45, 2.75) is 68.8 Å². The molecule has 1 N–H and O–H groups in total. The van der Waals surface area contributed by atoms with Crippen LogP contribution in [0.25, 0.3) is 0 Å². The molecule has 1 aliphatic rings. The van der Waals surface area contributed by atoms with E-state index in [2.05, 4.69) is 44.3 Å². The van der Waals surface area contributed by atoms with E-state index >= 15 is 0 Å². The van der Waals surface area contributed by atoms with E-state index < -0.39 is 0 Å². The second-order valence-electron chi connectivity index (χ2n) is 8.29. The zero-order chi connectivity index (χ0) is 21.6. The number of aromatic nitrogens is 3. The molecule has 6 heteroatoms. The number of nitrogens with zero attached hydrogens (tertiary/aromatic N) is 3. The zero-order valence-corrected chi connectivity index (χ0v) is 19.1. The minimum absolute atomic E-state index is 0.0119. The summed E-state index contributed by atoms with van der Waals surface area (Å²) in [6, 6.07) is 18.7. The molecule has 5 nitrogen and oxygen atoms in total. The first-order chi connectivity index (χ1) is 15.1. The standard InChI is InChI=1S/C25H30N4OS/c1-18-11-9-10-16-22(18)26-24(30)19(2)31-25-28-27-23(17-20-12-5-3-6-13-20)29(25)21-14-7-4-8-15-21/h3,5-6,9-13,16,19,21H,4,7-8,14-15,17H2,1-2H3,(H,26,30)/t19-/m0/s1. The summed E-state index contributed by atoms with van der Waals surface area (Å²) in [6.45, 7) is 3.94. The summed E-state index contributed by atoms with van der Waals surface area (Å²) in [4.78, 5) is 12.9. The van der Waals surface area contributed by atoms with Crippen molar-refractivity contribution in [3.63, 3.8) is 0 Å². The Hall–Kier alpha value is -2.60. The van der Waals surface area contributed by atoms with E-state index in [4.69, 9.17) is 0 Å². The van der Waals surface area contributed by atoms with Crippen molar-refractivity contribution < 1.29 is 4.79 Å². The molecule has 4 rings (SSSR count). The molecule has 1 fully saturated rings. The van der Waals surface area contributed by atoms with Crippen LogP contribution in [0.15, 0.2) is 59.8 Å². The predicted octanol–water partition coefficient (Wildman–Crippen LogP) is 5.80. The molecule has 1 atom stereocenters. The van der Waals surface area contributed by atoms with Crippen LogP contribution >= 0.6 is 11.8 Å². The van der Waals surface area contributed by atoms with Gasteiger partial charge < -0.3 is 9.88 Å². The fraction of sp³-hybridized carbons (Fsp3) is 0.400. The Bertz CT molecular complexity index is 1010. The van der Waals surface area contributed by atoms with Crippen LogP contribution in [-0.4, -0.2) is 25.9 Å². The summed E-state index contributed by atoms with van der Waals surface area (Å²) in [6.07, 6.45) is 6.83. The Kier molecular flexibility index (Phi) is 7.07. The molecule has 1 heterocycles. The van der Waals surface area contributed by atoms with E-state index in [1.807, 2.05) is 44.2 Å². The van der Waals surface area contributed by atoms with Crippen LogP contribution in [0.1, 0.15) is 62.0 Å². The van der Waals surface area contributed by atoms with Crippen molar-refractivity contribution in [2.75, 3.05) is 5.32 Å². The molecule has 0 unspecified atom stereocenters. The monoisotopic (exact) mass is 434 g/mol. The maximum absolute atomic E-state index is 12.9. The minimum atomic E-state index is -0.268. The lowest BCUT2D eigenvalue weighted by molar-refractivity contribution is -0.115. The van der Waals surface area contributed by atoms with Crippen molar-refractivity contribution in [3.05, 3.63) is 71.5 Å². The predicted molar refractivity (Wildman–Crippen MR) is 127 cm³/mol. The first-order valence-corrected chi connectivity index (χ1v) is 12.0. The van der Waals surface area contributed by atoms with Gasteiger partial charge in [0.15, 0.2) is 5.16 Å². The van der Waals surface area contributed by atoms with Gasteiger partial charge in [-0.2, -0.15) is 0 Å². The number of para-hydroxylation sites is 1. The normalized spacial score (nSPS) is 15.5. The van der Waals surface area contributed by atoms with Gasteiger partial charge in [-0.05, 0) is 43.9 Å². The van der Waals surface area contributed by atoms with Gasteiger partial charge in [0.25, 0.3) is 0 Å². The van der Waals surface area contributed by atoms with E-state index in [9.17, 15) is 4.79 Å². The van der Waals surface area contributed by atoms with Gasteiger partial charge in [-0.1, -0.05) is 79.6 Å². The Morgan fingerprint density at radius 3 is 2.52 bits per heavy atom. The SMILES string of the molecule is Cc1ccccc1NC(=O)[C@H](C)Sc1nnc(Cc2ccccc2)n1C1CCCCC1. The molecule has 162 valence electrons. The van der Waals surface area contributed by atoms with Crippen molar-refractivity contribution in [2.24, 2.45) is 0 Å². The number of amides is 1. The number of aryl methyl sites for hydroxylation is 1. The summed E-state index contributed by atoms with van der Waals surface area (Å²) in [5, 5.41) is 12.7. The number of rotatable bonds is 7. The highest BCUT2D eigenvalue weighted by molar-refractivity contribution is 8.00. The van der Waals surface area contributed by atoms with Gasteiger partial charge in [0.1, 0.15) is 5.82 Å². The lowest BCUT2D eigenvalue weighted by atomic mass is 9.95. The molecule has 0 bridgehead atoms. The Labute approximate surface area is 188 Å². The fourth-order valence-corrected chi connectivity index (χ4v) is 5.09. The highest BCUT2D eigenvalue weighted by atomic mass is 32.2. The van der Waals surface area contributed by atoms with Crippen LogP contribution in [0, 0.1) is 6.92 Å².